The van der Waals surface area contributed by atoms with Crippen molar-refractivity contribution >= 4 is 103 Å². The van der Waals surface area contributed by atoms with Gasteiger partial charge in [0.25, 0.3) is 0 Å². The summed E-state index contributed by atoms with van der Waals surface area (Å²) in [6, 6.07) is 12.1. The Hall–Kier alpha value is 0.980. The molecule has 23 heavy (non-hydrogen) atoms. The van der Waals surface area contributed by atoms with Crippen LogP contribution in [-0.2, 0) is 20.2 Å². The third kappa shape index (κ3) is 8.27. The molecule has 0 aliphatic carbocycles. The number of benzene rings is 2. The van der Waals surface area contributed by atoms with Gasteiger partial charge >= 0.3 is 37.7 Å². The van der Waals surface area contributed by atoms with Crippen LogP contribution >= 0.6 is 45.2 Å². The summed E-state index contributed by atoms with van der Waals surface area (Å²) in [5.74, 6) is 0. The van der Waals surface area contributed by atoms with E-state index >= 15 is 0 Å². The van der Waals surface area contributed by atoms with Crippen LogP contribution in [0.15, 0.2) is 58.3 Å². The SMILES string of the molecule is O=S(=O)([O-])c1ccccc1I.O=S(=O)([O-])c1ccccc1I.[Ca+2]. The summed E-state index contributed by atoms with van der Waals surface area (Å²) >= 11 is 3.61. The van der Waals surface area contributed by atoms with Crippen LogP contribution in [0.5, 0.6) is 0 Å². The fraction of sp³-hybridized carbons (Fsp3) is 0. The van der Waals surface area contributed by atoms with Gasteiger partial charge in [0.1, 0.15) is 20.2 Å². The van der Waals surface area contributed by atoms with Crippen LogP contribution in [0.1, 0.15) is 0 Å². The van der Waals surface area contributed by atoms with Crippen LogP contribution < -0.4 is 0 Å². The third-order valence-electron chi connectivity index (χ3n) is 2.21. The molecule has 0 saturated heterocycles. The van der Waals surface area contributed by atoms with Crippen LogP contribution in [0.2, 0.25) is 0 Å². The molecule has 0 saturated carbocycles. The van der Waals surface area contributed by atoms with Crippen LogP contribution in [0.25, 0.3) is 0 Å². The smallest absolute Gasteiger partial charge is 0.744 e. The summed E-state index contributed by atoms with van der Waals surface area (Å²) < 4.78 is 63.9. The first-order valence-electron chi connectivity index (χ1n) is 5.44. The summed E-state index contributed by atoms with van der Waals surface area (Å²) in [6.07, 6.45) is 0. The molecule has 0 N–H and O–H groups in total. The average molecular weight is 606 g/mol. The number of halogens is 2. The Morgan fingerprint density at radius 3 is 1.09 bits per heavy atom. The van der Waals surface area contributed by atoms with Crippen LogP contribution in [0.4, 0.5) is 0 Å². The van der Waals surface area contributed by atoms with E-state index < -0.39 is 20.2 Å². The molecular weight excluding hydrogens is 598 g/mol. The predicted molar refractivity (Wildman–Crippen MR) is 100.0 cm³/mol. The zero-order chi connectivity index (χ0) is 17.0. The number of hydrogen-bond acceptors (Lipinski definition) is 6. The van der Waals surface area contributed by atoms with Crippen molar-refractivity contribution in [3.8, 4) is 0 Å². The van der Waals surface area contributed by atoms with Crippen molar-refractivity contribution < 1.29 is 25.9 Å². The minimum Gasteiger partial charge on any atom is -0.744 e. The van der Waals surface area contributed by atoms with Crippen molar-refractivity contribution in [1.82, 2.24) is 0 Å². The molecule has 2 rings (SSSR count). The van der Waals surface area contributed by atoms with Crippen molar-refractivity contribution in [2.24, 2.45) is 0 Å². The minimum absolute atomic E-state index is 0. The topological polar surface area (TPSA) is 114 Å². The van der Waals surface area contributed by atoms with Gasteiger partial charge in [0.2, 0.25) is 0 Å². The van der Waals surface area contributed by atoms with Gasteiger partial charge in [-0.15, -0.1) is 0 Å². The Labute approximate surface area is 191 Å². The predicted octanol–water partition coefficient (Wildman–Crippen LogP) is 2.01. The van der Waals surface area contributed by atoms with Gasteiger partial charge < -0.3 is 9.11 Å². The summed E-state index contributed by atoms with van der Waals surface area (Å²) in [5.41, 5.74) is 0. The Bertz CT molecular complexity index is 795. The van der Waals surface area contributed by atoms with Crippen molar-refractivity contribution in [3.05, 3.63) is 55.7 Å². The van der Waals surface area contributed by atoms with Gasteiger partial charge in [-0.2, -0.15) is 0 Å². The summed E-state index contributed by atoms with van der Waals surface area (Å²) in [6.45, 7) is 0. The summed E-state index contributed by atoms with van der Waals surface area (Å²) in [7, 11) is -8.58. The van der Waals surface area contributed by atoms with Gasteiger partial charge in [-0.1, -0.05) is 24.3 Å². The van der Waals surface area contributed by atoms with E-state index in [0.717, 1.165) is 0 Å². The maximum absolute atomic E-state index is 10.5. The molecule has 0 amide bonds. The molecule has 0 bridgehead atoms. The Balaban J connectivity index is 0.000000403. The van der Waals surface area contributed by atoms with Crippen molar-refractivity contribution in [2.45, 2.75) is 9.79 Å². The molecular formula is C12H8CaI2O6S2. The van der Waals surface area contributed by atoms with Crippen molar-refractivity contribution in [3.63, 3.8) is 0 Å². The minimum atomic E-state index is -4.29. The molecule has 0 aliphatic rings. The molecule has 0 aromatic heterocycles. The van der Waals surface area contributed by atoms with E-state index in [1.165, 1.54) is 24.3 Å². The first-order chi connectivity index (χ1) is 10.0. The van der Waals surface area contributed by atoms with Gasteiger partial charge in [0.15, 0.2) is 0 Å². The van der Waals surface area contributed by atoms with Crippen LogP contribution in [0.3, 0.4) is 0 Å². The average Bonchev–Trinajstić information content (AvgIpc) is 2.37. The molecule has 0 atom stereocenters. The quantitative estimate of drug-likeness (QED) is 0.294. The van der Waals surface area contributed by atoms with Gasteiger partial charge in [-0.25, -0.2) is 16.8 Å². The molecule has 0 radical (unpaired) electrons. The third-order valence-corrected chi connectivity index (χ3v) is 6.61. The first kappa shape index (κ1) is 24.0. The molecule has 0 aliphatic heterocycles. The molecule has 0 fully saturated rings. The van der Waals surface area contributed by atoms with Crippen LogP contribution in [0, 0.1) is 7.14 Å². The van der Waals surface area contributed by atoms with Crippen LogP contribution in [-0.4, -0.2) is 63.7 Å². The number of rotatable bonds is 2. The van der Waals surface area contributed by atoms with E-state index in [-0.39, 0.29) is 47.5 Å². The normalized spacial score (nSPS) is 11.0. The zero-order valence-electron chi connectivity index (χ0n) is 11.3. The summed E-state index contributed by atoms with van der Waals surface area (Å²) in [5, 5.41) is 0. The molecule has 120 valence electrons. The maximum atomic E-state index is 10.5. The molecule has 0 heterocycles. The molecule has 2 aromatic carbocycles. The van der Waals surface area contributed by atoms with E-state index in [4.69, 9.17) is 0 Å². The zero-order valence-corrected chi connectivity index (χ0v) is 19.5. The van der Waals surface area contributed by atoms with Crippen molar-refractivity contribution in [1.29, 1.82) is 0 Å². The van der Waals surface area contributed by atoms with E-state index in [0.29, 0.717) is 7.14 Å². The van der Waals surface area contributed by atoms with Crippen molar-refractivity contribution in [2.75, 3.05) is 0 Å². The van der Waals surface area contributed by atoms with Gasteiger partial charge in [0.05, 0.1) is 9.79 Å². The fourth-order valence-electron chi connectivity index (χ4n) is 1.29. The Kier molecular flexibility index (Phi) is 10.6. The molecule has 2 aromatic rings. The largest absolute Gasteiger partial charge is 2.00 e. The molecule has 0 spiro atoms. The second-order valence-electron chi connectivity index (χ2n) is 3.77. The van der Waals surface area contributed by atoms with E-state index in [2.05, 4.69) is 0 Å². The summed E-state index contributed by atoms with van der Waals surface area (Å²) in [4.78, 5) is -0.304. The van der Waals surface area contributed by atoms with E-state index in [9.17, 15) is 25.9 Å². The maximum Gasteiger partial charge on any atom is 2.00 e. The standard InChI is InChI=1S/2C6H5IO3S.Ca/c2*7-5-3-1-2-4-6(5)11(8,9)10;/h2*1-4H,(H,8,9,10);/q;;+2/p-2. The first-order valence-corrected chi connectivity index (χ1v) is 10.4. The number of hydrogen-bond donors (Lipinski definition) is 0. The molecule has 11 heteroatoms. The van der Waals surface area contributed by atoms with Gasteiger partial charge in [-0.3, -0.25) is 0 Å². The fourth-order valence-corrected chi connectivity index (χ4v) is 4.79. The monoisotopic (exact) mass is 606 g/mol. The molecule has 0 unspecified atom stereocenters. The second-order valence-corrected chi connectivity index (χ2v) is 8.79. The molecule has 6 nitrogen and oxygen atoms in total. The Morgan fingerprint density at radius 2 is 0.913 bits per heavy atom. The van der Waals surface area contributed by atoms with Gasteiger partial charge in [0, 0.05) is 7.14 Å². The van der Waals surface area contributed by atoms with E-state index in [1.807, 2.05) is 0 Å². The van der Waals surface area contributed by atoms with E-state index in [1.54, 1.807) is 69.4 Å². The Morgan fingerprint density at radius 1 is 0.652 bits per heavy atom. The van der Waals surface area contributed by atoms with Gasteiger partial charge in [-0.05, 0) is 69.4 Å². The second kappa shape index (κ2) is 10.2.